The molecule has 3 aliphatic rings. The summed E-state index contributed by atoms with van der Waals surface area (Å²) < 4.78 is 7.05. The first kappa shape index (κ1) is 22.6. The van der Waals surface area contributed by atoms with E-state index in [-0.39, 0.29) is 26.9 Å². The number of anilines is 1. The second-order valence-corrected chi connectivity index (χ2v) is 10.4. The number of ether oxygens (including phenoxy) is 1. The molecule has 0 bridgehead atoms. The van der Waals surface area contributed by atoms with E-state index in [0.29, 0.717) is 5.56 Å². The van der Waals surface area contributed by atoms with Gasteiger partial charge in [-0.3, -0.25) is 19.2 Å². The highest BCUT2D eigenvalue weighted by Gasteiger charge is 2.74. The maximum Gasteiger partial charge on any atom is 0.241 e. The summed E-state index contributed by atoms with van der Waals surface area (Å²) >= 11 is 15.9. The number of hydrogen-bond donors (Lipinski definition) is 0. The summed E-state index contributed by atoms with van der Waals surface area (Å²) in [5.74, 6) is -5.03. The fourth-order valence-electron chi connectivity index (χ4n) is 5.37. The van der Waals surface area contributed by atoms with Crippen LogP contribution < -0.4 is 4.90 Å². The Bertz CT molecular complexity index is 1440. The second-order valence-electron chi connectivity index (χ2n) is 8.64. The smallest absolute Gasteiger partial charge is 0.241 e. The number of amides is 2. The first-order chi connectivity index (χ1) is 16.8. The number of Topliss-reactive ketones (excluding diaryl/α,β-unsaturated/α-hetero) is 2. The molecule has 3 atom stereocenters. The largest absolute Gasteiger partial charge is 0.349 e. The Morgan fingerprint density at radius 1 is 0.829 bits per heavy atom. The van der Waals surface area contributed by atoms with Gasteiger partial charge in [-0.25, -0.2) is 4.90 Å². The minimum absolute atomic E-state index is 0.101. The third-order valence-corrected chi connectivity index (χ3v) is 7.95. The molecule has 2 amide bonds. The molecule has 2 heterocycles. The number of halogens is 3. The summed E-state index contributed by atoms with van der Waals surface area (Å²) in [5.41, 5.74) is -1.13. The maximum atomic E-state index is 13.9. The summed E-state index contributed by atoms with van der Waals surface area (Å²) in [7, 11) is 0. The number of rotatable bonds is 2. The lowest BCUT2D eigenvalue weighted by molar-refractivity contribution is -0.127. The quantitative estimate of drug-likeness (QED) is 0.302. The molecule has 35 heavy (non-hydrogen) atoms. The highest BCUT2D eigenvalue weighted by atomic mass is 79.9. The van der Waals surface area contributed by atoms with Gasteiger partial charge in [0.05, 0.1) is 28.6 Å². The molecule has 0 aromatic heterocycles. The van der Waals surface area contributed by atoms with Crippen LogP contribution in [0.15, 0.2) is 71.2 Å². The molecule has 0 N–H and O–H groups in total. The number of carbonyl (C=O) groups is 4. The van der Waals surface area contributed by atoms with Crippen LogP contribution in [0.25, 0.3) is 0 Å². The molecule has 6 rings (SSSR count). The molecule has 0 radical (unpaired) electrons. The van der Waals surface area contributed by atoms with E-state index in [1.807, 2.05) is 0 Å². The van der Waals surface area contributed by atoms with Crippen LogP contribution in [-0.4, -0.2) is 29.0 Å². The summed E-state index contributed by atoms with van der Waals surface area (Å²) in [5, 5.41) is 0.413. The summed E-state index contributed by atoms with van der Waals surface area (Å²) in [6.45, 7) is 0. The Morgan fingerprint density at radius 2 is 1.46 bits per heavy atom. The predicted octanol–water partition coefficient (Wildman–Crippen LogP) is 5.45. The fraction of sp³-hybridized carbons (Fsp3) is 0.154. The molecule has 1 aliphatic carbocycles. The molecule has 2 aliphatic heterocycles. The van der Waals surface area contributed by atoms with Crippen LogP contribution in [0.3, 0.4) is 0 Å². The van der Waals surface area contributed by atoms with Crippen LogP contribution in [0.5, 0.6) is 0 Å². The molecular formula is C26H14BrCl2NO5. The standard InChI is InChI=1S/C26H14BrCl2NO5/c27-13-7-5-12(6-8-13)21-19-20(25(34)30(24(19)33)18-11-14(28)9-10-17(18)29)26(35-21)22(31)15-3-1-2-4-16(15)23(26)32/h1-11,19-21H/t19-,20-,21-/m1/s1. The normalized spacial score (nSPS) is 24.4. The van der Waals surface area contributed by atoms with Crippen LogP contribution >= 0.6 is 39.1 Å². The van der Waals surface area contributed by atoms with Crippen molar-refractivity contribution in [2.24, 2.45) is 11.8 Å². The van der Waals surface area contributed by atoms with Gasteiger partial charge in [0.1, 0.15) is 0 Å². The Labute approximate surface area is 217 Å². The zero-order valence-corrected chi connectivity index (χ0v) is 20.8. The average molecular weight is 571 g/mol. The number of ketones is 2. The number of imide groups is 1. The van der Waals surface area contributed by atoms with Crippen molar-refractivity contribution in [2.75, 3.05) is 4.90 Å². The minimum Gasteiger partial charge on any atom is -0.349 e. The Hall–Kier alpha value is -2.84. The molecular weight excluding hydrogens is 557 g/mol. The second kappa shape index (κ2) is 7.83. The number of carbonyl (C=O) groups excluding carboxylic acids is 4. The van der Waals surface area contributed by atoms with E-state index >= 15 is 0 Å². The first-order valence-corrected chi connectivity index (χ1v) is 12.3. The highest BCUT2D eigenvalue weighted by molar-refractivity contribution is 9.10. The monoisotopic (exact) mass is 569 g/mol. The number of hydrogen-bond acceptors (Lipinski definition) is 5. The zero-order chi connectivity index (χ0) is 24.6. The van der Waals surface area contributed by atoms with Gasteiger partial charge in [0.25, 0.3) is 0 Å². The van der Waals surface area contributed by atoms with E-state index in [2.05, 4.69) is 15.9 Å². The van der Waals surface area contributed by atoms with Gasteiger partial charge in [-0.05, 0) is 35.9 Å². The maximum absolute atomic E-state index is 13.9. The third kappa shape index (κ3) is 2.99. The van der Waals surface area contributed by atoms with Crippen molar-refractivity contribution in [3.8, 4) is 0 Å². The van der Waals surface area contributed by atoms with Gasteiger partial charge in [-0.2, -0.15) is 0 Å². The van der Waals surface area contributed by atoms with Gasteiger partial charge in [0.2, 0.25) is 29.0 Å². The van der Waals surface area contributed by atoms with Gasteiger partial charge in [-0.15, -0.1) is 0 Å². The van der Waals surface area contributed by atoms with E-state index < -0.39 is 46.9 Å². The van der Waals surface area contributed by atoms with Crippen LogP contribution in [0, 0.1) is 11.8 Å². The van der Waals surface area contributed by atoms with Crippen molar-refractivity contribution in [1.29, 1.82) is 0 Å². The van der Waals surface area contributed by atoms with E-state index in [0.717, 1.165) is 9.37 Å². The van der Waals surface area contributed by atoms with Crippen molar-refractivity contribution in [3.63, 3.8) is 0 Å². The van der Waals surface area contributed by atoms with Crippen LogP contribution in [-0.2, 0) is 14.3 Å². The van der Waals surface area contributed by atoms with Crippen LogP contribution in [0.1, 0.15) is 32.4 Å². The number of fused-ring (bicyclic) bond motifs is 3. The molecule has 9 heteroatoms. The Balaban J connectivity index is 1.56. The van der Waals surface area contributed by atoms with Gasteiger partial charge in [0.15, 0.2) is 0 Å². The lowest BCUT2D eigenvalue weighted by Gasteiger charge is -2.27. The lowest BCUT2D eigenvalue weighted by atomic mass is 9.77. The molecule has 3 aromatic rings. The SMILES string of the molecule is O=C1[C@H]2[C@@H](c3ccc(Br)cc3)OC3(C(=O)c4ccccc4C3=O)[C@H]2C(=O)N1c1cc(Cl)ccc1Cl. The van der Waals surface area contributed by atoms with Crippen molar-refractivity contribution >= 4 is 68.2 Å². The predicted molar refractivity (Wildman–Crippen MR) is 132 cm³/mol. The van der Waals surface area contributed by atoms with Gasteiger partial charge < -0.3 is 4.74 Å². The van der Waals surface area contributed by atoms with Gasteiger partial charge in [0, 0.05) is 20.6 Å². The van der Waals surface area contributed by atoms with Crippen molar-refractivity contribution in [1.82, 2.24) is 0 Å². The molecule has 174 valence electrons. The first-order valence-electron chi connectivity index (χ1n) is 10.7. The fourth-order valence-corrected chi connectivity index (χ4v) is 6.00. The molecule has 0 unspecified atom stereocenters. The van der Waals surface area contributed by atoms with Crippen molar-refractivity contribution < 1.29 is 23.9 Å². The molecule has 1 spiro atoms. The topological polar surface area (TPSA) is 80.8 Å². The van der Waals surface area contributed by atoms with E-state index in [1.165, 1.54) is 30.3 Å². The van der Waals surface area contributed by atoms with Crippen LogP contribution in [0.4, 0.5) is 5.69 Å². The van der Waals surface area contributed by atoms with E-state index in [1.54, 1.807) is 36.4 Å². The van der Waals surface area contributed by atoms with Crippen LogP contribution in [0.2, 0.25) is 10.0 Å². The third-order valence-electron chi connectivity index (χ3n) is 6.87. The Kier molecular flexibility index (Phi) is 5.06. The highest BCUT2D eigenvalue weighted by Crippen LogP contribution is 2.58. The summed E-state index contributed by atoms with van der Waals surface area (Å²) in [4.78, 5) is 56.1. The zero-order valence-electron chi connectivity index (χ0n) is 17.7. The molecule has 2 saturated heterocycles. The number of benzene rings is 3. The minimum atomic E-state index is -2.14. The van der Waals surface area contributed by atoms with E-state index in [4.69, 9.17) is 27.9 Å². The number of nitrogens with zero attached hydrogens (tertiary/aromatic N) is 1. The van der Waals surface area contributed by atoms with Crippen molar-refractivity contribution in [3.05, 3.63) is 97.9 Å². The Morgan fingerprint density at radius 3 is 2.09 bits per heavy atom. The lowest BCUT2D eigenvalue weighted by Crippen LogP contribution is -2.51. The molecule has 6 nitrogen and oxygen atoms in total. The summed E-state index contributed by atoms with van der Waals surface area (Å²) in [6, 6.07) is 17.8. The average Bonchev–Trinajstić information content (AvgIpc) is 3.41. The van der Waals surface area contributed by atoms with E-state index in [9.17, 15) is 19.2 Å². The van der Waals surface area contributed by atoms with Gasteiger partial charge in [-0.1, -0.05) is 75.5 Å². The van der Waals surface area contributed by atoms with Crippen molar-refractivity contribution in [2.45, 2.75) is 11.7 Å². The van der Waals surface area contributed by atoms with Gasteiger partial charge >= 0.3 is 0 Å². The molecule has 2 fully saturated rings. The molecule has 0 saturated carbocycles. The summed E-state index contributed by atoms with van der Waals surface area (Å²) in [6.07, 6.45) is -1.00. The molecule has 3 aromatic carbocycles.